The van der Waals surface area contributed by atoms with Gasteiger partial charge in [0.05, 0.1) is 0 Å². The molecule has 1 nitrogen and oxygen atoms in total. The van der Waals surface area contributed by atoms with E-state index in [1.54, 1.807) is 0 Å². The Kier molecular flexibility index (Phi) is 7.25. The predicted molar refractivity (Wildman–Crippen MR) is 67.4 cm³/mol. The highest BCUT2D eigenvalue weighted by Gasteiger charge is 1.80. The summed E-state index contributed by atoms with van der Waals surface area (Å²) in [5.74, 6) is 0. The molecule has 0 aliphatic heterocycles. The van der Waals surface area contributed by atoms with Crippen LogP contribution in [0, 0.1) is 20.8 Å². The van der Waals surface area contributed by atoms with Crippen LogP contribution in [0.2, 0.25) is 0 Å². The first-order chi connectivity index (χ1) is 7.18. The van der Waals surface area contributed by atoms with Crippen molar-refractivity contribution in [1.29, 1.82) is 0 Å². The van der Waals surface area contributed by atoms with Crippen LogP contribution >= 0.6 is 0 Å². The van der Waals surface area contributed by atoms with Crippen LogP contribution in [-0.4, -0.2) is 4.98 Å². The van der Waals surface area contributed by atoms with E-state index in [1.807, 2.05) is 45.2 Å². The van der Waals surface area contributed by atoms with Crippen LogP contribution in [0.3, 0.4) is 0 Å². The molecule has 1 aromatic rings. The highest BCUT2D eigenvalue weighted by molar-refractivity contribution is 5.15. The minimum Gasteiger partial charge on any atom is -0.261 e. The first-order valence-electron chi connectivity index (χ1n) is 5.43. The summed E-state index contributed by atoms with van der Waals surface area (Å²) in [5.41, 5.74) is 3.45. The second-order valence-electron chi connectivity index (χ2n) is 3.25. The molecule has 0 bridgehead atoms. The third-order valence-electron chi connectivity index (χ3n) is 1.73. The molecule has 0 aliphatic carbocycles. The first kappa shape index (κ1) is 13.6. The minimum atomic E-state index is 1.02. The minimum absolute atomic E-state index is 1.02. The lowest BCUT2D eigenvalue weighted by Gasteiger charge is -1.89. The van der Waals surface area contributed by atoms with Crippen molar-refractivity contribution in [3.63, 3.8) is 0 Å². The van der Waals surface area contributed by atoms with Gasteiger partial charge in [-0.1, -0.05) is 43.7 Å². The first-order valence-corrected chi connectivity index (χ1v) is 5.43. The van der Waals surface area contributed by atoms with Gasteiger partial charge in [0.15, 0.2) is 0 Å². The topological polar surface area (TPSA) is 12.9 Å². The van der Waals surface area contributed by atoms with Crippen molar-refractivity contribution in [1.82, 2.24) is 4.98 Å². The SMILES string of the molecule is CC.Cc1ccccc(C)ncc(C)c1. The highest BCUT2D eigenvalue weighted by atomic mass is 14.6. The maximum Gasteiger partial charge on any atom is 0.0372 e. The molecule has 1 heteroatoms. The summed E-state index contributed by atoms with van der Waals surface area (Å²) in [5, 5.41) is 0. The van der Waals surface area contributed by atoms with Gasteiger partial charge in [-0.15, -0.1) is 0 Å². The van der Waals surface area contributed by atoms with E-state index in [1.165, 1.54) is 11.1 Å². The molecule has 0 N–H and O–H groups in total. The van der Waals surface area contributed by atoms with Gasteiger partial charge in [0, 0.05) is 11.9 Å². The average Bonchev–Trinajstić information content (AvgIpc) is 2.24. The number of nitrogens with zero attached hydrogens (tertiary/aromatic N) is 1. The van der Waals surface area contributed by atoms with Crippen molar-refractivity contribution in [3.05, 3.63) is 53.3 Å². The molecule has 0 unspecified atom stereocenters. The third kappa shape index (κ3) is 6.67. The van der Waals surface area contributed by atoms with Gasteiger partial charge in [-0.25, -0.2) is 0 Å². The van der Waals surface area contributed by atoms with E-state index in [4.69, 9.17) is 0 Å². The molecule has 15 heavy (non-hydrogen) atoms. The predicted octanol–water partition coefficient (Wildman–Crippen LogP) is 4.16. The smallest absolute Gasteiger partial charge is 0.0372 e. The zero-order chi connectivity index (χ0) is 11.7. The molecule has 0 aromatic carbocycles. The Morgan fingerprint density at radius 2 is 1.47 bits per heavy atom. The van der Waals surface area contributed by atoms with E-state index in [0.29, 0.717) is 0 Å². The number of hydrogen-bond donors (Lipinski definition) is 0. The number of hydrogen-bond acceptors (Lipinski definition) is 1. The lowest BCUT2D eigenvalue weighted by Crippen LogP contribution is -1.76. The van der Waals surface area contributed by atoms with Crippen molar-refractivity contribution < 1.29 is 0 Å². The summed E-state index contributed by atoms with van der Waals surface area (Å²) >= 11 is 0. The van der Waals surface area contributed by atoms with E-state index in [-0.39, 0.29) is 0 Å². The molecule has 1 aromatic heterocycles. The highest BCUT2D eigenvalue weighted by Crippen LogP contribution is 1.97. The lowest BCUT2D eigenvalue weighted by atomic mass is 10.2. The summed E-state index contributed by atoms with van der Waals surface area (Å²) in [6.07, 6.45) is 1.89. The Bertz CT molecular complexity index is 341. The molecular formula is C14H21N. The average molecular weight is 203 g/mol. The fourth-order valence-corrected chi connectivity index (χ4v) is 1.09. The van der Waals surface area contributed by atoms with Gasteiger partial charge in [0.2, 0.25) is 0 Å². The molecule has 0 amide bonds. The van der Waals surface area contributed by atoms with Crippen molar-refractivity contribution in [2.24, 2.45) is 0 Å². The molecule has 0 radical (unpaired) electrons. The molecule has 0 atom stereocenters. The maximum absolute atomic E-state index is 4.29. The molecule has 0 saturated heterocycles. The Morgan fingerprint density at radius 1 is 0.867 bits per heavy atom. The van der Waals surface area contributed by atoms with E-state index in [9.17, 15) is 0 Å². The molecular weight excluding hydrogens is 182 g/mol. The van der Waals surface area contributed by atoms with Crippen LogP contribution in [0.25, 0.3) is 0 Å². The largest absolute Gasteiger partial charge is 0.261 e. The summed E-state index contributed by atoms with van der Waals surface area (Å²) in [7, 11) is 0. The summed E-state index contributed by atoms with van der Waals surface area (Å²) in [6.45, 7) is 10.1. The number of rotatable bonds is 0. The maximum atomic E-state index is 4.29. The van der Waals surface area contributed by atoms with E-state index in [2.05, 4.69) is 31.0 Å². The molecule has 0 saturated carbocycles. The number of aryl methyl sites for hydroxylation is 3. The molecule has 0 aliphatic rings. The van der Waals surface area contributed by atoms with E-state index < -0.39 is 0 Å². The monoisotopic (exact) mass is 203 g/mol. The van der Waals surface area contributed by atoms with E-state index >= 15 is 0 Å². The Labute approximate surface area is 93.5 Å². The Hall–Kier alpha value is -1.37. The van der Waals surface area contributed by atoms with Crippen molar-refractivity contribution in [2.75, 3.05) is 0 Å². The van der Waals surface area contributed by atoms with Crippen LogP contribution in [0.5, 0.6) is 0 Å². The van der Waals surface area contributed by atoms with Crippen LogP contribution in [0.1, 0.15) is 30.7 Å². The van der Waals surface area contributed by atoms with Crippen LogP contribution in [-0.2, 0) is 0 Å². The number of aromatic nitrogens is 1. The Morgan fingerprint density at radius 3 is 2.13 bits per heavy atom. The standard InChI is InChI=1S/C12H15N.C2H6/c1-10-6-4-5-7-12(3)13-9-11(2)8-10;1-2/h4-9H,1-3H3;1-2H3. The molecule has 1 heterocycles. The van der Waals surface area contributed by atoms with Gasteiger partial charge in [0.1, 0.15) is 0 Å². The quantitative estimate of drug-likeness (QED) is 0.617. The second kappa shape index (κ2) is 7.98. The summed E-state index contributed by atoms with van der Waals surface area (Å²) < 4.78 is 0. The summed E-state index contributed by atoms with van der Waals surface area (Å²) in [6, 6.07) is 10.2. The zero-order valence-corrected chi connectivity index (χ0v) is 10.4. The van der Waals surface area contributed by atoms with Crippen LogP contribution < -0.4 is 0 Å². The fourth-order valence-electron chi connectivity index (χ4n) is 1.09. The second-order valence-corrected chi connectivity index (χ2v) is 3.25. The normalized spacial score (nSPS) is 8.33. The van der Waals surface area contributed by atoms with Gasteiger partial charge in [-0.05, 0) is 32.4 Å². The van der Waals surface area contributed by atoms with Gasteiger partial charge < -0.3 is 0 Å². The molecule has 82 valence electrons. The van der Waals surface area contributed by atoms with Crippen LogP contribution in [0.15, 0.2) is 36.5 Å². The van der Waals surface area contributed by atoms with Gasteiger partial charge >= 0.3 is 0 Å². The van der Waals surface area contributed by atoms with Gasteiger partial charge in [-0.3, -0.25) is 4.98 Å². The zero-order valence-electron chi connectivity index (χ0n) is 10.4. The van der Waals surface area contributed by atoms with Crippen LogP contribution in [0.4, 0.5) is 0 Å². The molecule has 0 fully saturated rings. The van der Waals surface area contributed by atoms with Crippen molar-refractivity contribution >= 4 is 0 Å². The summed E-state index contributed by atoms with van der Waals surface area (Å²) in [4.78, 5) is 4.29. The van der Waals surface area contributed by atoms with Crippen molar-refractivity contribution in [3.8, 4) is 0 Å². The molecule has 1 rings (SSSR count). The van der Waals surface area contributed by atoms with E-state index in [0.717, 1.165) is 5.69 Å². The fraction of sp³-hybridized carbons (Fsp3) is 0.357. The van der Waals surface area contributed by atoms with Gasteiger partial charge in [-0.2, -0.15) is 0 Å². The van der Waals surface area contributed by atoms with Gasteiger partial charge in [0.25, 0.3) is 0 Å². The Balaban J connectivity index is 0.000000921. The molecule has 0 spiro atoms. The van der Waals surface area contributed by atoms with Crippen molar-refractivity contribution in [2.45, 2.75) is 34.6 Å². The lowest BCUT2D eigenvalue weighted by molar-refractivity contribution is 1.19. The third-order valence-corrected chi connectivity index (χ3v) is 1.73.